The van der Waals surface area contributed by atoms with Crippen LogP contribution >= 0.6 is 15.9 Å². The monoisotopic (exact) mass is 665 g/mol. The van der Waals surface area contributed by atoms with E-state index in [0.29, 0.717) is 38.0 Å². The molecule has 0 saturated heterocycles. The number of carbonyl (C=O) groups excluding carboxylic acids is 2. The van der Waals surface area contributed by atoms with E-state index in [1.54, 1.807) is 31.3 Å². The highest BCUT2D eigenvalue weighted by Gasteiger charge is 2.30. The first-order chi connectivity index (χ1) is 21.0. The highest BCUT2D eigenvalue weighted by atomic mass is 79.9. The molecule has 6 aromatic rings. The maximum atomic E-state index is 13.8. The zero-order chi connectivity index (χ0) is 31.2. The van der Waals surface area contributed by atoms with E-state index >= 15 is 0 Å². The number of hydrogen-bond donors (Lipinski definition) is 3. The van der Waals surface area contributed by atoms with Gasteiger partial charge in [-0.05, 0) is 70.0 Å². The fraction of sp³-hybridized carbons (Fsp3) is 0.111. The molecule has 4 heterocycles. The molecule has 0 spiro atoms. The van der Waals surface area contributed by atoms with Crippen molar-refractivity contribution in [1.29, 1.82) is 0 Å². The number of primary amides is 1. The van der Waals surface area contributed by atoms with Gasteiger partial charge in [-0.1, -0.05) is 12.1 Å². The number of anilines is 1. The molecule has 0 aliphatic rings. The summed E-state index contributed by atoms with van der Waals surface area (Å²) in [4.78, 5) is 31.7. The standard InChI is InChI=1S/C27H19BrF3N11O2/c1-13-9-15-11-34-36-22(15)20(23(32)43)21(13)35-26(44)19-10-17(38-42(19)25-18(28)3-2-8-33-25)12-41-39-24(37-40-41)14-4-6-16(7-5-14)27(29,30)31/h2-11H,12H2,1H3,(H2,32,43)(H,34,36)(H,35,44). The first-order valence-electron chi connectivity index (χ1n) is 12.7. The second-order valence-electron chi connectivity index (χ2n) is 9.56. The second kappa shape index (κ2) is 11.0. The number of rotatable bonds is 7. The number of benzene rings is 2. The van der Waals surface area contributed by atoms with E-state index < -0.39 is 23.6 Å². The molecule has 222 valence electrons. The number of aromatic nitrogens is 9. The average molecular weight is 666 g/mol. The molecule has 2 aromatic carbocycles. The first kappa shape index (κ1) is 28.7. The topological polar surface area (TPSA) is 175 Å². The number of nitrogens with zero attached hydrogens (tertiary/aromatic N) is 8. The summed E-state index contributed by atoms with van der Waals surface area (Å²) < 4.78 is 40.7. The minimum Gasteiger partial charge on any atom is -0.365 e. The number of halogens is 4. The van der Waals surface area contributed by atoms with Crippen LogP contribution in [0, 0.1) is 6.92 Å². The number of hydrogen-bond acceptors (Lipinski definition) is 8. The van der Waals surface area contributed by atoms with Gasteiger partial charge in [-0.25, -0.2) is 9.67 Å². The lowest BCUT2D eigenvalue weighted by Crippen LogP contribution is -2.22. The van der Waals surface area contributed by atoms with Crippen molar-refractivity contribution >= 4 is 44.3 Å². The molecule has 0 aliphatic carbocycles. The van der Waals surface area contributed by atoms with Crippen LogP contribution in [0.15, 0.2) is 65.4 Å². The van der Waals surface area contributed by atoms with Gasteiger partial charge in [0, 0.05) is 17.1 Å². The highest BCUT2D eigenvalue weighted by molar-refractivity contribution is 9.10. The Morgan fingerprint density at radius 3 is 2.59 bits per heavy atom. The van der Waals surface area contributed by atoms with Crippen molar-refractivity contribution in [2.45, 2.75) is 19.6 Å². The summed E-state index contributed by atoms with van der Waals surface area (Å²) in [6.45, 7) is 1.67. The summed E-state index contributed by atoms with van der Waals surface area (Å²) in [5, 5.41) is 26.9. The average Bonchev–Trinajstić information content (AvgIpc) is 3.73. The lowest BCUT2D eigenvalue weighted by molar-refractivity contribution is -0.137. The Morgan fingerprint density at radius 1 is 1.11 bits per heavy atom. The van der Waals surface area contributed by atoms with Crippen molar-refractivity contribution in [2.24, 2.45) is 5.73 Å². The predicted octanol–water partition coefficient (Wildman–Crippen LogP) is 4.29. The number of H-pyrrole nitrogens is 1. The molecule has 13 nitrogen and oxygen atoms in total. The zero-order valence-corrected chi connectivity index (χ0v) is 24.1. The molecule has 2 amide bonds. The number of tetrazole rings is 1. The van der Waals surface area contributed by atoms with Crippen LogP contribution in [-0.2, 0) is 12.7 Å². The number of aromatic amines is 1. The number of fused-ring (bicyclic) bond motifs is 1. The molecule has 44 heavy (non-hydrogen) atoms. The van der Waals surface area contributed by atoms with Crippen molar-refractivity contribution in [3.8, 4) is 17.2 Å². The van der Waals surface area contributed by atoms with Crippen molar-refractivity contribution in [1.82, 2.24) is 45.2 Å². The van der Waals surface area contributed by atoms with E-state index in [9.17, 15) is 22.8 Å². The van der Waals surface area contributed by atoms with Crippen molar-refractivity contribution in [3.63, 3.8) is 0 Å². The molecule has 17 heteroatoms. The van der Waals surface area contributed by atoms with E-state index in [0.717, 1.165) is 12.1 Å². The second-order valence-corrected chi connectivity index (χ2v) is 10.4. The zero-order valence-electron chi connectivity index (χ0n) is 22.5. The number of aryl methyl sites for hydroxylation is 1. The molecule has 4 aromatic heterocycles. The summed E-state index contributed by atoms with van der Waals surface area (Å²) in [6, 6.07) is 11.0. The van der Waals surface area contributed by atoms with Crippen molar-refractivity contribution in [2.75, 3.05) is 5.32 Å². The molecule has 4 N–H and O–H groups in total. The summed E-state index contributed by atoms with van der Waals surface area (Å²) in [5.41, 5.74) is 6.83. The van der Waals surface area contributed by atoms with Crippen LogP contribution in [0.3, 0.4) is 0 Å². The van der Waals surface area contributed by atoms with E-state index in [1.165, 1.54) is 33.9 Å². The smallest absolute Gasteiger partial charge is 0.365 e. The Morgan fingerprint density at radius 2 is 1.89 bits per heavy atom. The third-order valence-electron chi connectivity index (χ3n) is 6.58. The molecule has 0 atom stereocenters. The third-order valence-corrected chi connectivity index (χ3v) is 7.20. The van der Waals surface area contributed by atoms with Gasteiger partial charge in [-0.15, -0.1) is 10.2 Å². The van der Waals surface area contributed by atoms with Gasteiger partial charge >= 0.3 is 6.18 Å². The predicted molar refractivity (Wildman–Crippen MR) is 154 cm³/mol. The van der Waals surface area contributed by atoms with Crippen LogP contribution < -0.4 is 11.1 Å². The van der Waals surface area contributed by atoms with Crippen molar-refractivity contribution < 1.29 is 22.8 Å². The fourth-order valence-corrected chi connectivity index (χ4v) is 4.98. The Labute approximate surface area is 253 Å². The van der Waals surface area contributed by atoms with Gasteiger partial charge in [0.05, 0.1) is 38.7 Å². The van der Waals surface area contributed by atoms with Crippen molar-refractivity contribution in [3.05, 3.63) is 93.5 Å². The molecule has 6 rings (SSSR count). The first-order valence-corrected chi connectivity index (χ1v) is 13.5. The maximum Gasteiger partial charge on any atom is 0.416 e. The van der Waals surface area contributed by atoms with E-state index in [2.05, 4.69) is 56.9 Å². The Bertz CT molecular complexity index is 2050. The molecular weight excluding hydrogens is 647 g/mol. The number of amides is 2. The van der Waals surface area contributed by atoms with Gasteiger partial charge < -0.3 is 11.1 Å². The molecule has 0 aliphatic heterocycles. The van der Waals surface area contributed by atoms with Gasteiger partial charge in [0.1, 0.15) is 12.2 Å². The molecule has 0 fully saturated rings. The lowest BCUT2D eigenvalue weighted by atomic mass is 10.0. The number of nitrogens with two attached hydrogens (primary N) is 1. The number of nitrogens with one attached hydrogen (secondary N) is 2. The van der Waals surface area contributed by atoms with Crippen LogP contribution in [0.1, 0.15) is 37.7 Å². The summed E-state index contributed by atoms with van der Waals surface area (Å²) in [7, 11) is 0. The Kier molecular flexibility index (Phi) is 7.16. The molecule has 0 bridgehead atoms. The van der Waals surface area contributed by atoms with E-state index in [-0.39, 0.29) is 29.3 Å². The number of alkyl halides is 3. The van der Waals surface area contributed by atoms with Gasteiger partial charge in [0.25, 0.3) is 11.8 Å². The normalized spacial score (nSPS) is 11.7. The van der Waals surface area contributed by atoms with Crippen LogP contribution in [0.4, 0.5) is 18.9 Å². The number of carbonyl (C=O) groups is 2. The van der Waals surface area contributed by atoms with Gasteiger partial charge in [0.2, 0.25) is 5.82 Å². The van der Waals surface area contributed by atoms with E-state index in [1.807, 2.05) is 0 Å². The van der Waals surface area contributed by atoms with Crippen LogP contribution in [0.25, 0.3) is 28.1 Å². The fourth-order valence-electron chi connectivity index (χ4n) is 4.56. The third kappa shape index (κ3) is 5.39. The minimum atomic E-state index is -4.47. The largest absolute Gasteiger partial charge is 0.416 e. The lowest BCUT2D eigenvalue weighted by Gasteiger charge is -2.14. The summed E-state index contributed by atoms with van der Waals surface area (Å²) >= 11 is 3.43. The molecule has 0 unspecified atom stereocenters. The van der Waals surface area contributed by atoms with Crippen LogP contribution in [0.2, 0.25) is 0 Å². The van der Waals surface area contributed by atoms with Gasteiger partial charge in [-0.2, -0.15) is 28.2 Å². The van der Waals surface area contributed by atoms with Crippen LogP contribution in [0.5, 0.6) is 0 Å². The Balaban J connectivity index is 1.34. The quantitative estimate of drug-likeness (QED) is 0.226. The van der Waals surface area contributed by atoms with Gasteiger partial charge in [0.15, 0.2) is 5.82 Å². The SMILES string of the molecule is Cc1cc2cn[nH]c2c(C(N)=O)c1NC(=O)c1cc(Cn2nnc(-c3ccc(C(F)(F)F)cc3)n2)nn1-c1ncccc1Br. The number of pyridine rings is 1. The maximum absolute atomic E-state index is 13.8. The molecule has 0 saturated carbocycles. The van der Waals surface area contributed by atoms with E-state index in [4.69, 9.17) is 5.73 Å². The van der Waals surface area contributed by atoms with Crippen LogP contribution in [-0.4, -0.2) is 57.0 Å². The molecular formula is C27H19BrF3N11O2. The van der Waals surface area contributed by atoms with Gasteiger partial charge in [-0.3, -0.25) is 14.7 Å². The highest BCUT2D eigenvalue weighted by Crippen LogP contribution is 2.31. The molecule has 0 radical (unpaired) electrons. The summed E-state index contributed by atoms with van der Waals surface area (Å²) in [6.07, 6.45) is -1.40. The minimum absolute atomic E-state index is 0.0446. The Hall–Kier alpha value is -5.45. The summed E-state index contributed by atoms with van der Waals surface area (Å²) in [5.74, 6) is -0.979.